The molecule has 76 valence electrons. The van der Waals surface area contributed by atoms with Crippen LogP contribution in [0, 0.1) is 11.8 Å². The molecule has 2 heterocycles. The second-order valence-corrected chi connectivity index (χ2v) is 5.11. The lowest BCUT2D eigenvalue weighted by molar-refractivity contribution is 0.245. The molecule has 4 unspecified atom stereocenters. The Bertz CT molecular complexity index is 171. The summed E-state index contributed by atoms with van der Waals surface area (Å²) in [6, 6.07) is 1.55. The molecule has 0 aromatic rings. The van der Waals surface area contributed by atoms with E-state index < -0.39 is 0 Å². The number of likely N-dealkylation sites (tertiary alicyclic amines) is 1. The van der Waals surface area contributed by atoms with E-state index in [2.05, 4.69) is 31.0 Å². The van der Waals surface area contributed by atoms with Gasteiger partial charge in [-0.1, -0.05) is 13.8 Å². The SMILES string of the molecule is CC1CC(N2CC(C)C(C)C2)CN1. The summed E-state index contributed by atoms with van der Waals surface area (Å²) in [4.78, 5) is 2.69. The second-order valence-electron chi connectivity index (χ2n) is 5.11. The standard InChI is InChI=1S/C11H22N2/c1-8-6-13(7-9(8)2)11-4-10(3)12-5-11/h8-12H,4-7H2,1-3H3. The molecule has 0 radical (unpaired) electrons. The second kappa shape index (κ2) is 3.58. The summed E-state index contributed by atoms with van der Waals surface area (Å²) in [5.74, 6) is 1.80. The van der Waals surface area contributed by atoms with Gasteiger partial charge in [-0.3, -0.25) is 4.90 Å². The molecule has 2 aliphatic rings. The van der Waals surface area contributed by atoms with Crippen LogP contribution in [0.1, 0.15) is 27.2 Å². The smallest absolute Gasteiger partial charge is 0.0235 e. The molecule has 0 spiro atoms. The lowest BCUT2D eigenvalue weighted by Crippen LogP contribution is -2.35. The number of hydrogen-bond acceptors (Lipinski definition) is 2. The van der Waals surface area contributed by atoms with Gasteiger partial charge in [0.05, 0.1) is 0 Å². The van der Waals surface area contributed by atoms with Crippen molar-refractivity contribution in [1.29, 1.82) is 0 Å². The molecule has 0 bridgehead atoms. The van der Waals surface area contributed by atoms with E-state index >= 15 is 0 Å². The third-order valence-corrected chi connectivity index (χ3v) is 3.86. The largest absolute Gasteiger partial charge is 0.313 e. The quantitative estimate of drug-likeness (QED) is 0.658. The first-order chi connectivity index (χ1) is 6.16. The van der Waals surface area contributed by atoms with E-state index in [0.29, 0.717) is 0 Å². The normalized spacial score (nSPS) is 47.3. The zero-order chi connectivity index (χ0) is 9.42. The average Bonchev–Trinajstić information content (AvgIpc) is 2.61. The Morgan fingerprint density at radius 2 is 1.69 bits per heavy atom. The minimum Gasteiger partial charge on any atom is -0.313 e. The molecule has 0 saturated carbocycles. The molecule has 1 N–H and O–H groups in total. The predicted molar refractivity (Wildman–Crippen MR) is 55.8 cm³/mol. The summed E-state index contributed by atoms with van der Waals surface area (Å²) in [7, 11) is 0. The van der Waals surface area contributed by atoms with Crippen molar-refractivity contribution in [3.05, 3.63) is 0 Å². The van der Waals surface area contributed by atoms with Crippen LogP contribution in [0.15, 0.2) is 0 Å². The fourth-order valence-electron chi connectivity index (χ4n) is 2.66. The van der Waals surface area contributed by atoms with Crippen LogP contribution in [-0.4, -0.2) is 36.6 Å². The molecule has 2 saturated heterocycles. The Morgan fingerprint density at radius 1 is 1.08 bits per heavy atom. The summed E-state index contributed by atoms with van der Waals surface area (Å²) >= 11 is 0. The molecule has 2 heteroatoms. The molecule has 0 aliphatic carbocycles. The zero-order valence-electron chi connectivity index (χ0n) is 9.09. The van der Waals surface area contributed by atoms with Gasteiger partial charge in [-0.15, -0.1) is 0 Å². The Labute approximate surface area is 81.7 Å². The van der Waals surface area contributed by atoms with Gasteiger partial charge >= 0.3 is 0 Å². The van der Waals surface area contributed by atoms with Crippen molar-refractivity contribution in [3.63, 3.8) is 0 Å². The van der Waals surface area contributed by atoms with E-state index in [1.807, 2.05) is 0 Å². The molecule has 0 aromatic heterocycles. The van der Waals surface area contributed by atoms with Gasteiger partial charge in [0, 0.05) is 31.7 Å². The highest BCUT2D eigenvalue weighted by Gasteiger charge is 2.33. The molecule has 2 nitrogen and oxygen atoms in total. The predicted octanol–water partition coefficient (Wildman–Crippen LogP) is 1.32. The number of rotatable bonds is 1. The fourth-order valence-corrected chi connectivity index (χ4v) is 2.66. The molecule has 4 atom stereocenters. The monoisotopic (exact) mass is 182 g/mol. The summed E-state index contributed by atoms with van der Waals surface area (Å²) in [5, 5.41) is 3.53. The first kappa shape index (κ1) is 9.47. The highest BCUT2D eigenvalue weighted by atomic mass is 15.2. The minimum atomic E-state index is 0.733. The Kier molecular flexibility index (Phi) is 2.61. The molecular formula is C11H22N2. The highest BCUT2D eigenvalue weighted by Crippen LogP contribution is 2.26. The first-order valence-electron chi connectivity index (χ1n) is 5.64. The lowest BCUT2D eigenvalue weighted by atomic mass is 10.0. The zero-order valence-corrected chi connectivity index (χ0v) is 9.09. The van der Waals surface area contributed by atoms with Crippen LogP contribution in [0.3, 0.4) is 0 Å². The van der Waals surface area contributed by atoms with Crippen molar-refractivity contribution in [1.82, 2.24) is 10.2 Å². The van der Waals surface area contributed by atoms with Crippen molar-refractivity contribution < 1.29 is 0 Å². The minimum absolute atomic E-state index is 0.733. The third kappa shape index (κ3) is 1.89. The van der Waals surface area contributed by atoms with Crippen LogP contribution in [0.5, 0.6) is 0 Å². The maximum absolute atomic E-state index is 3.53. The van der Waals surface area contributed by atoms with E-state index in [9.17, 15) is 0 Å². The molecule has 0 aromatic carbocycles. The first-order valence-corrected chi connectivity index (χ1v) is 5.64. The number of nitrogens with zero attached hydrogens (tertiary/aromatic N) is 1. The Balaban J connectivity index is 1.89. The van der Waals surface area contributed by atoms with E-state index in [1.54, 1.807) is 0 Å². The maximum Gasteiger partial charge on any atom is 0.0235 e. The van der Waals surface area contributed by atoms with E-state index in [0.717, 1.165) is 23.9 Å². The van der Waals surface area contributed by atoms with Gasteiger partial charge in [0.15, 0.2) is 0 Å². The summed E-state index contributed by atoms with van der Waals surface area (Å²) in [6.45, 7) is 10.9. The number of nitrogens with one attached hydrogen (secondary N) is 1. The van der Waals surface area contributed by atoms with E-state index in [1.165, 1.54) is 26.1 Å². The van der Waals surface area contributed by atoms with Crippen molar-refractivity contribution >= 4 is 0 Å². The summed E-state index contributed by atoms with van der Waals surface area (Å²) < 4.78 is 0. The highest BCUT2D eigenvalue weighted by molar-refractivity contribution is 4.90. The van der Waals surface area contributed by atoms with Crippen LogP contribution < -0.4 is 5.32 Å². The maximum atomic E-state index is 3.53. The van der Waals surface area contributed by atoms with Crippen LogP contribution in [0.25, 0.3) is 0 Å². The van der Waals surface area contributed by atoms with Gasteiger partial charge < -0.3 is 5.32 Å². The average molecular weight is 182 g/mol. The van der Waals surface area contributed by atoms with Gasteiger partial charge in [0.25, 0.3) is 0 Å². The fraction of sp³-hybridized carbons (Fsp3) is 1.00. The van der Waals surface area contributed by atoms with Gasteiger partial charge in [-0.05, 0) is 25.2 Å². The number of hydrogen-bond donors (Lipinski definition) is 1. The summed E-state index contributed by atoms with van der Waals surface area (Å²) in [5.41, 5.74) is 0. The topological polar surface area (TPSA) is 15.3 Å². The molecule has 13 heavy (non-hydrogen) atoms. The molecule has 2 aliphatic heterocycles. The third-order valence-electron chi connectivity index (χ3n) is 3.86. The molecule has 2 rings (SSSR count). The van der Waals surface area contributed by atoms with Crippen LogP contribution in [0.2, 0.25) is 0 Å². The van der Waals surface area contributed by atoms with E-state index in [4.69, 9.17) is 0 Å². The van der Waals surface area contributed by atoms with Gasteiger partial charge in [0.2, 0.25) is 0 Å². The van der Waals surface area contributed by atoms with E-state index in [-0.39, 0.29) is 0 Å². The lowest BCUT2D eigenvalue weighted by Gasteiger charge is -2.22. The van der Waals surface area contributed by atoms with Crippen LogP contribution in [-0.2, 0) is 0 Å². The van der Waals surface area contributed by atoms with Crippen molar-refractivity contribution in [2.45, 2.75) is 39.3 Å². The van der Waals surface area contributed by atoms with Crippen molar-refractivity contribution in [2.75, 3.05) is 19.6 Å². The van der Waals surface area contributed by atoms with Crippen molar-refractivity contribution in [3.8, 4) is 0 Å². The van der Waals surface area contributed by atoms with Crippen LogP contribution >= 0.6 is 0 Å². The van der Waals surface area contributed by atoms with Gasteiger partial charge in [-0.25, -0.2) is 0 Å². The van der Waals surface area contributed by atoms with Gasteiger partial charge in [0.1, 0.15) is 0 Å². The summed E-state index contributed by atoms with van der Waals surface area (Å²) in [6.07, 6.45) is 1.35. The van der Waals surface area contributed by atoms with Crippen molar-refractivity contribution in [2.24, 2.45) is 11.8 Å². The van der Waals surface area contributed by atoms with Gasteiger partial charge in [-0.2, -0.15) is 0 Å². The Morgan fingerprint density at radius 3 is 2.15 bits per heavy atom. The molecule has 0 amide bonds. The molecule has 2 fully saturated rings. The Hall–Kier alpha value is -0.0800. The van der Waals surface area contributed by atoms with Crippen LogP contribution in [0.4, 0.5) is 0 Å². The molecular weight excluding hydrogens is 160 g/mol.